The van der Waals surface area contributed by atoms with E-state index in [0.29, 0.717) is 24.7 Å². The van der Waals surface area contributed by atoms with Crippen molar-refractivity contribution in [3.8, 4) is 0 Å². The van der Waals surface area contributed by atoms with E-state index in [1.165, 1.54) is 11.8 Å². The Morgan fingerprint density at radius 3 is 2.26 bits per heavy atom. The lowest BCUT2D eigenvalue weighted by atomic mass is 10.2. The number of nitrogens with zero attached hydrogens (tertiary/aromatic N) is 4. The number of nitrogens with one attached hydrogen (secondary N) is 1. The van der Waals surface area contributed by atoms with Gasteiger partial charge in [-0.15, -0.1) is 0 Å². The Hall–Kier alpha value is -3.30. The van der Waals surface area contributed by atoms with Crippen LogP contribution < -0.4 is 15.1 Å². The number of para-hydroxylation sites is 1. The summed E-state index contributed by atoms with van der Waals surface area (Å²) in [6.07, 6.45) is 0. The molecule has 8 nitrogen and oxygen atoms in total. The first-order valence-electron chi connectivity index (χ1n) is 11.2. The molecule has 1 unspecified atom stereocenters. The van der Waals surface area contributed by atoms with E-state index in [1.807, 2.05) is 53.4 Å². The van der Waals surface area contributed by atoms with Crippen LogP contribution >= 0.6 is 23.4 Å². The van der Waals surface area contributed by atoms with Crippen molar-refractivity contribution in [2.45, 2.75) is 11.8 Å². The largest absolute Gasteiger partial charge is 0.480 e. The second-order valence-electron chi connectivity index (χ2n) is 8.06. The zero-order chi connectivity index (χ0) is 24.6. The number of halogens is 1. The lowest BCUT2D eigenvalue weighted by Crippen LogP contribution is -2.47. The molecule has 0 aliphatic carbocycles. The number of hydrogen-bond donors (Lipinski definition) is 2. The van der Waals surface area contributed by atoms with Crippen LogP contribution in [0, 0.1) is 0 Å². The van der Waals surface area contributed by atoms with Crippen molar-refractivity contribution in [1.29, 1.82) is 0 Å². The molecule has 4 rings (SSSR count). The highest BCUT2D eigenvalue weighted by Gasteiger charge is 2.24. The number of anilines is 2. The molecule has 1 aromatic heterocycles. The summed E-state index contributed by atoms with van der Waals surface area (Å²) in [5.41, 5.74) is 2.30. The molecule has 2 N–H and O–H groups in total. The fourth-order valence-electron chi connectivity index (χ4n) is 3.79. The zero-order valence-corrected chi connectivity index (χ0v) is 20.6. The number of carbonyl (C=O) groups excluding carboxylic acids is 1. The van der Waals surface area contributed by atoms with E-state index in [2.05, 4.69) is 32.3 Å². The smallest absolute Gasteiger partial charge is 0.327 e. The molecule has 1 amide bonds. The molecule has 0 radical (unpaired) electrons. The van der Waals surface area contributed by atoms with Gasteiger partial charge in [0.05, 0.1) is 0 Å². The molecule has 1 atom stereocenters. The number of rotatable bonds is 9. The molecule has 35 heavy (non-hydrogen) atoms. The van der Waals surface area contributed by atoms with Gasteiger partial charge in [0.1, 0.15) is 17.6 Å². The normalized spacial score (nSPS) is 14.4. The summed E-state index contributed by atoms with van der Waals surface area (Å²) in [5, 5.41) is 12.1. The third kappa shape index (κ3) is 6.86. The standard InChI is InChI=1S/C25H26ClN5O3S/c26-25-28-20(23(32)27-21(24(33)34)17-35-16-18-7-3-1-4-8-18)15-22(29-25)31-13-11-30(12-14-31)19-9-5-2-6-10-19/h1-10,15,21H,11-14,16-17H2,(H,27,32)(H,33,34). The number of carboxylic acid groups (broad SMARTS) is 1. The molecule has 0 saturated carbocycles. The monoisotopic (exact) mass is 511 g/mol. The first-order valence-corrected chi connectivity index (χ1v) is 12.8. The molecular weight excluding hydrogens is 486 g/mol. The fraction of sp³-hybridized carbons (Fsp3) is 0.280. The molecule has 10 heteroatoms. The highest BCUT2D eigenvalue weighted by Crippen LogP contribution is 2.21. The molecule has 1 fully saturated rings. The molecule has 0 spiro atoms. The van der Waals surface area contributed by atoms with Crippen molar-refractivity contribution in [2.24, 2.45) is 0 Å². The Kier molecular flexibility index (Phi) is 8.44. The lowest BCUT2D eigenvalue weighted by molar-refractivity contribution is -0.138. The van der Waals surface area contributed by atoms with E-state index in [9.17, 15) is 14.7 Å². The molecule has 1 saturated heterocycles. The Morgan fingerprint density at radius 1 is 0.971 bits per heavy atom. The number of hydrogen-bond acceptors (Lipinski definition) is 7. The highest BCUT2D eigenvalue weighted by atomic mass is 35.5. The fourth-order valence-corrected chi connectivity index (χ4v) is 4.98. The van der Waals surface area contributed by atoms with Crippen molar-refractivity contribution in [3.63, 3.8) is 0 Å². The number of carbonyl (C=O) groups is 2. The predicted molar refractivity (Wildman–Crippen MR) is 139 cm³/mol. The number of benzene rings is 2. The van der Waals surface area contributed by atoms with E-state index in [4.69, 9.17) is 11.6 Å². The van der Waals surface area contributed by atoms with Gasteiger partial charge in [-0.05, 0) is 29.3 Å². The van der Waals surface area contributed by atoms with Crippen LogP contribution in [0.15, 0.2) is 66.7 Å². The first kappa shape index (κ1) is 24.8. The van der Waals surface area contributed by atoms with Crippen LogP contribution in [0.25, 0.3) is 0 Å². The summed E-state index contributed by atoms with van der Waals surface area (Å²) in [6, 6.07) is 20.4. The van der Waals surface area contributed by atoms with Crippen LogP contribution in [-0.4, -0.2) is 64.9 Å². The van der Waals surface area contributed by atoms with Crippen molar-refractivity contribution in [3.05, 3.63) is 83.3 Å². The van der Waals surface area contributed by atoms with E-state index < -0.39 is 17.9 Å². The summed E-state index contributed by atoms with van der Waals surface area (Å²) >= 11 is 7.57. The summed E-state index contributed by atoms with van der Waals surface area (Å²) in [7, 11) is 0. The number of piperazine rings is 1. The maximum Gasteiger partial charge on any atom is 0.327 e. The molecule has 2 aromatic carbocycles. The van der Waals surface area contributed by atoms with Crippen molar-refractivity contribution in [1.82, 2.24) is 15.3 Å². The van der Waals surface area contributed by atoms with Crippen molar-refractivity contribution < 1.29 is 14.7 Å². The Balaban J connectivity index is 1.37. The average Bonchev–Trinajstić information content (AvgIpc) is 2.89. The minimum atomic E-state index is -1.10. The molecule has 3 aromatic rings. The van der Waals surface area contributed by atoms with Gasteiger partial charge in [-0.1, -0.05) is 48.5 Å². The maximum absolute atomic E-state index is 12.9. The van der Waals surface area contributed by atoms with E-state index in [1.54, 1.807) is 6.07 Å². The number of thioether (sulfide) groups is 1. The molecular formula is C25H26ClN5O3S. The molecule has 0 bridgehead atoms. The number of aromatic nitrogens is 2. The van der Waals surface area contributed by atoms with E-state index in [0.717, 1.165) is 24.3 Å². The topological polar surface area (TPSA) is 98.7 Å². The van der Waals surface area contributed by atoms with Gasteiger partial charge in [-0.3, -0.25) is 4.79 Å². The second kappa shape index (κ2) is 11.9. The number of amides is 1. The minimum Gasteiger partial charge on any atom is -0.480 e. The zero-order valence-electron chi connectivity index (χ0n) is 19.0. The van der Waals surface area contributed by atoms with Crippen LogP contribution in [0.5, 0.6) is 0 Å². The Morgan fingerprint density at radius 2 is 1.60 bits per heavy atom. The van der Waals surface area contributed by atoms with Gasteiger partial charge in [0.15, 0.2) is 0 Å². The molecule has 1 aliphatic heterocycles. The van der Waals surface area contributed by atoms with Crippen LogP contribution in [0.1, 0.15) is 16.1 Å². The van der Waals surface area contributed by atoms with Crippen LogP contribution in [0.4, 0.5) is 11.5 Å². The summed E-state index contributed by atoms with van der Waals surface area (Å²) in [6.45, 7) is 3.01. The first-order chi connectivity index (χ1) is 17.0. The van der Waals surface area contributed by atoms with Gasteiger partial charge < -0.3 is 20.2 Å². The average molecular weight is 512 g/mol. The highest BCUT2D eigenvalue weighted by molar-refractivity contribution is 7.98. The van der Waals surface area contributed by atoms with E-state index >= 15 is 0 Å². The maximum atomic E-state index is 12.9. The van der Waals surface area contributed by atoms with Crippen LogP contribution in [0.3, 0.4) is 0 Å². The van der Waals surface area contributed by atoms with Gasteiger partial charge in [0.25, 0.3) is 5.91 Å². The summed E-state index contributed by atoms with van der Waals surface area (Å²) in [5.74, 6) is -0.266. The van der Waals surface area contributed by atoms with Crippen molar-refractivity contribution >= 4 is 46.7 Å². The van der Waals surface area contributed by atoms with Crippen LogP contribution in [0.2, 0.25) is 5.28 Å². The van der Waals surface area contributed by atoms with E-state index in [-0.39, 0.29) is 16.7 Å². The van der Waals surface area contributed by atoms with Gasteiger partial charge >= 0.3 is 5.97 Å². The summed E-state index contributed by atoms with van der Waals surface area (Å²) in [4.78, 5) is 37.3. The number of carboxylic acids is 1. The minimum absolute atomic E-state index is 0.0461. The Labute approximate surface area is 213 Å². The second-order valence-corrected chi connectivity index (χ2v) is 9.42. The molecule has 2 heterocycles. The van der Waals surface area contributed by atoms with Gasteiger partial charge in [-0.25, -0.2) is 14.8 Å². The summed E-state index contributed by atoms with van der Waals surface area (Å²) < 4.78 is 0. The molecule has 182 valence electrons. The number of aliphatic carboxylic acids is 1. The Bertz CT molecular complexity index is 1140. The lowest BCUT2D eigenvalue weighted by Gasteiger charge is -2.36. The third-order valence-corrected chi connectivity index (χ3v) is 6.92. The SMILES string of the molecule is O=C(NC(CSCc1ccccc1)C(=O)O)c1cc(N2CCN(c3ccccc3)CC2)nc(Cl)n1. The van der Waals surface area contributed by atoms with Crippen LogP contribution in [-0.2, 0) is 10.5 Å². The quantitative estimate of drug-likeness (QED) is 0.421. The van der Waals surface area contributed by atoms with Crippen molar-refractivity contribution in [2.75, 3.05) is 41.7 Å². The molecule has 1 aliphatic rings. The van der Waals surface area contributed by atoms with Gasteiger partial charge in [0, 0.05) is 49.4 Å². The predicted octanol–water partition coefficient (Wildman–Crippen LogP) is 3.57. The van der Waals surface area contributed by atoms with Gasteiger partial charge in [0.2, 0.25) is 5.28 Å². The van der Waals surface area contributed by atoms with Gasteiger partial charge in [-0.2, -0.15) is 11.8 Å². The third-order valence-electron chi connectivity index (χ3n) is 5.64.